The molecule has 3 rings (SSSR count). The van der Waals surface area contributed by atoms with Gasteiger partial charge in [-0.3, -0.25) is 14.3 Å². The van der Waals surface area contributed by atoms with Gasteiger partial charge in [0.25, 0.3) is 5.56 Å². The zero-order chi connectivity index (χ0) is 17.5. The van der Waals surface area contributed by atoms with Gasteiger partial charge in [-0.1, -0.05) is 18.3 Å². The molecule has 0 saturated carbocycles. The van der Waals surface area contributed by atoms with E-state index in [-0.39, 0.29) is 23.8 Å². The lowest BCUT2D eigenvalue weighted by Crippen LogP contribution is -2.33. The van der Waals surface area contributed by atoms with Gasteiger partial charge in [0.05, 0.1) is 31.5 Å². The summed E-state index contributed by atoms with van der Waals surface area (Å²) in [6.45, 7) is 6.52. The van der Waals surface area contributed by atoms with E-state index in [0.29, 0.717) is 30.4 Å². The Morgan fingerprint density at radius 2 is 2.25 bits per heavy atom. The number of hydrogen-bond acceptors (Lipinski definition) is 7. The Morgan fingerprint density at radius 1 is 1.50 bits per heavy atom. The van der Waals surface area contributed by atoms with Crippen molar-refractivity contribution in [2.75, 3.05) is 13.2 Å². The van der Waals surface area contributed by atoms with Gasteiger partial charge in [0.15, 0.2) is 0 Å². The number of aromatic nitrogens is 2. The summed E-state index contributed by atoms with van der Waals surface area (Å²) in [5.41, 5.74) is -2.56. The summed E-state index contributed by atoms with van der Waals surface area (Å²) in [5.74, 6) is 0. The van der Waals surface area contributed by atoms with Gasteiger partial charge in [-0.05, 0) is 32.1 Å². The first-order valence-corrected chi connectivity index (χ1v) is 11.9. The van der Waals surface area contributed by atoms with Gasteiger partial charge in [-0.25, -0.2) is 4.79 Å². The minimum absolute atomic E-state index is 0.0979. The Kier molecular flexibility index (Phi) is 5.39. The third kappa shape index (κ3) is 3.86. The van der Waals surface area contributed by atoms with E-state index < -0.39 is 11.4 Å². The standard InChI is InChI=1S/C14H21N2O5PS2/c1-8-5-16(14(18)15-13(8)17)11-4-12(19-6-11)7-20-22(23)21-9(2)10(3)24-22/h5,9-12H,4,6-7H2,1-3H3,(H,15,17,18)/t9-,10+,11?,12+,22?/m1/s1. The molecule has 134 valence electrons. The van der Waals surface area contributed by atoms with Crippen molar-refractivity contribution in [1.82, 2.24) is 9.55 Å². The average Bonchev–Trinajstić information content (AvgIpc) is 3.06. The molecule has 24 heavy (non-hydrogen) atoms. The van der Waals surface area contributed by atoms with Crippen LogP contribution in [0.1, 0.15) is 31.9 Å². The van der Waals surface area contributed by atoms with Gasteiger partial charge in [-0.15, -0.1) is 0 Å². The highest BCUT2D eigenvalue weighted by molar-refractivity contribution is 8.68. The van der Waals surface area contributed by atoms with E-state index in [1.807, 2.05) is 6.92 Å². The highest BCUT2D eigenvalue weighted by Crippen LogP contribution is 2.69. The van der Waals surface area contributed by atoms with Crippen molar-refractivity contribution < 1.29 is 13.8 Å². The Balaban J connectivity index is 1.60. The summed E-state index contributed by atoms with van der Waals surface area (Å²) >= 11 is 7.10. The van der Waals surface area contributed by atoms with Gasteiger partial charge < -0.3 is 13.8 Å². The van der Waals surface area contributed by atoms with Crippen LogP contribution in [0, 0.1) is 6.92 Å². The number of rotatable bonds is 4. The molecule has 1 aromatic heterocycles. The molecule has 0 aliphatic carbocycles. The predicted octanol–water partition coefficient (Wildman–Crippen LogP) is 1.96. The fraction of sp³-hybridized carbons (Fsp3) is 0.714. The Hall–Kier alpha value is -0.440. The van der Waals surface area contributed by atoms with E-state index in [2.05, 4.69) is 11.9 Å². The molecule has 2 aliphatic heterocycles. The number of hydrogen-bond donors (Lipinski definition) is 1. The van der Waals surface area contributed by atoms with E-state index in [9.17, 15) is 9.59 Å². The fourth-order valence-corrected chi connectivity index (χ4v) is 8.99. The van der Waals surface area contributed by atoms with Gasteiger partial charge in [0.1, 0.15) is 0 Å². The minimum atomic E-state index is -2.30. The van der Waals surface area contributed by atoms with Crippen LogP contribution in [0.15, 0.2) is 15.8 Å². The van der Waals surface area contributed by atoms with Crippen molar-refractivity contribution in [3.63, 3.8) is 0 Å². The molecule has 1 aromatic rings. The lowest BCUT2D eigenvalue weighted by atomic mass is 10.2. The fourth-order valence-electron chi connectivity index (χ4n) is 2.69. The molecule has 0 aromatic carbocycles. The maximum Gasteiger partial charge on any atom is 0.328 e. The van der Waals surface area contributed by atoms with Crippen molar-refractivity contribution in [3.8, 4) is 0 Å². The predicted molar refractivity (Wildman–Crippen MR) is 97.3 cm³/mol. The molecule has 10 heteroatoms. The highest BCUT2D eigenvalue weighted by Gasteiger charge is 2.38. The normalized spacial score (nSPS) is 36.3. The summed E-state index contributed by atoms with van der Waals surface area (Å²) in [7, 11) is 0. The SMILES string of the molecule is Cc1cn(C2CO[C@H](COP3(=S)O[C@H](C)[C@H](C)S3)C2)c(=O)[nH]c1=O. The van der Waals surface area contributed by atoms with Crippen LogP contribution in [0.4, 0.5) is 0 Å². The largest absolute Gasteiger partial charge is 0.374 e. The molecule has 0 amide bonds. The van der Waals surface area contributed by atoms with E-state index in [1.165, 1.54) is 4.57 Å². The first-order valence-electron chi connectivity index (χ1n) is 7.82. The molecular formula is C14H21N2O5PS2. The highest BCUT2D eigenvalue weighted by atomic mass is 32.9. The van der Waals surface area contributed by atoms with Crippen LogP contribution in [0.5, 0.6) is 0 Å². The van der Waals surface area contributed by atoms with E-state index in [1.54, 1.807) is 24.5 Å². The monoisotopic (exact) mass is 392 g/mol. The van der Waals surface area contributed by atoms with Crippen molar-refractivity contribution in [2.24, 2.45) is 0 Å². The van der Waals surface area contributed by atoms with Crippen molar-refractivity contribution >= 4 is 28.9 Å². The second-order valence-electron chi connectivity index (χ2n) is 6.19. The van der Waals surface area contributed by atoms with Crippen molar-refractivity contribution in [3.05, 3.63) is 32.6 Å². The number of aromatic amines is 1. The van der Waals surface area contributed by atoms with Crippen LogP contribution < -0.4 is 11.2 Å². The number of aryl methyl sites for hydroxylation is 1. The van der Waals surface area contributed by atoms with Gasteiger partial charge in [0.2, 0.25) is 5.69 Å². The second-order valence-corrected chi connectivity index (χ2v) is 12.7. The quantitative estimate of drug-likeness (QED) is 0.785. The van der Waals surface area contributed by atoms with Crippen molar-refractivity contribution in [1.29, 1.82) is 0 Å². The number of nitrogens with zero attached hydrogens (tertiary/aromatic N) is 1. The first-order chi connectivity index (χ1) is 11.3. The van der Waals surface area contributed by atoms with E-state index in [0.717, 1.165) is 0 Å². The van der Waals surface area contributed by atoms with Crippen LogP contribution in [0.3, 0.4) is 0 Å². The van der Waals surface area contributed by atoms with Gasteiger partial charge >= 0.3 is 5.69 Å². The Bertz CT molecular complexity index is 765. The van der Waals surface area contributed by atoms with Crippen LogP contribution in [0.25, 0.3) is 0 Å². The molecular weight excluding hydrogens is 371 g/mol. The van der Waals surface area contributed by atoms with E-state index in [4.69, 9.17) is 25.6 Å². The molecule has 2 saturated heterocycles. The summed E-state index contributed by atoms with van der Waals surface area (Å²) in [5, 5.41) is 0.329. The Morgan fingerprint density at radius 3 is 2.92 bits per heavy atom. The topological polar surface area (TPSA) is 82.6 Å². The summed E-state index contributed by atoms with van der Waals surface area (Å²) < 4.78 is 18.9. The summed E-state index contributed by atoms with van der Waals surface area (Å²) in [6.07, 6.45) is 2.18. The zero-order valence-electron chi connectivity index (χ0n) is 13.8. The van der Waals surface area contributed by atoms with Gasteiger partial charge in [0, 0.05) is 17.0 Å². The zero-order valence-corrected chi connectivity index (χ0v) is 16.3. The van der Waals surface area contributed by atoms with E-state index >= 15 is 0 Å². The van der Waals surface area contributed by atoms with Crippen LogP contribution >= 0.6 is 17.1 Å². The first kappa shape index (κ1) is 18.4. The molecule has 3 heterocycles. The maximum atomic E-state index is 12.0. The van der Waals surface area contributed by atoms with Crippen molar-refractivity contribution in [2.45, 2.75) is 50.7 Å². The molecule has 0 radical (unpaired) electrons. The molecule has 7 nitrogen and oxygen atoms in total. The van der Waals surface area contributed by atoms with Crippen LogP contribution in [-0.4, -0.2) is 40.2 Å². The molecule has 2 fully saturated rings. The van der Waals surface area contributed by atoms with Crippen LogP contribution in [0.2, 0.25) is 0 Å². The summed E-state index contributed by atoms with van der Waals surface area (Å²) in [6, 6.07) is -0.115. The lowest BCUT2D eigenvalue weighted by Gasteiger charge is -2.17. The number of nitrogens with one attached hydrogen (secondary N) is 1. The smallest absolute Gasteiger partial charge is 0.328 e. The number of ether oxygens (including phenoxy) is 1. The molecule has 0 spiro atoms. The average molecular weight is 392 g/mol. The third-order valence-corrected chi connectivity index (χ3v) is 9.99. The Labute approximate surface area is 149 Å². The third-order valence-electron chi connectivity index (χ3n) is 4.27. The molecule has 2 unspecified atom stereocenters. The summed E-state index contributed by atoms with van der Waals surface area (Å²) in [4.78, 5) is 25.7. The molecule has 2 aliphatic rings. The maximum absolute atomic E-state index is 12.0. The molecule has 5 atom stereocenters. The molecule has 0 bridgehead atoms. The van der Waals surface area contributed by atoms with Gasteiger partial charge in [-0.2, -0.15) is 0 Å². The molecule has 1 N–H and O–H groups in total. The van der Waals surface area contributed by atoms with Crippen LogP contribution in [-0.2, 0) is 25.6 Å². The minimum Gasteiger partial charge on any atom is -0.374 e. The lowest BCUT2D eigenvalue weighted by molar-refractivity contribution is 0.0640. The second kappa shape index (κ2) is 7.05. The number of H-pyrrole nitrogens is 1.